The number of esters is 1. The lowest BCUT2D eigenvalue weighted by Gasteiger charge is -1.94. The van der Waals surface area contributed by atoms with Crippen molar-refractivity contribution in [3.8, 4) is 11.4 Å². The molecule has 1 aromatic carbocycles. The largest absolute Gasteiger partial charge is 0.456 e. The molecule has 0 atom stereocenters. The predicted molar refractivity (Wildman–Crippen MR) is 60.2 cm³/mol. The van der Waals surface area contributed by atoms with Crippen molar-refractivity contribution in [3.05, 3.63) is 35.2 Å². The van der Waals surface area contributed by atoms with Gasteiger partial charge in [0.05, 0.1) is 0 Å². The van der Waals surface area contributed by atoms with E-state index < -0.39 is 5.97 Å². The van der Waals surface area contributed by atoms with E-state index in [4.69, 9.17) is 20.9 Å². The maximum atomic E-state index is 10.6. The molecule has 0 aliphatic carbocycles. The minimum atomic E-state index is -0.392. The van der Waals surface area contributed by atoms with E-state index >= 15 is 0 Å². The van der Waals surface area contributed by atoms with Crippen LogP contribution >= 0.6 is 11.6 Å². The lowest BCUT2D eigenvalue weighted by molar-refractivity contribution is -0.143. The van der Waals surface area contributed by atoms with Crippen molar-refractivity contribution in [1.29, 1.82) is 0 Å². The molecule has 6 heteroatoms. The van der Waals surface area contributed by atoms with E-state index in [-0.39, 0.29) is 12.5 Å². The molecule has 0 fully saturated rings. The summed E-state index contributed by atoms with van der Waals surface area (Å²) in [5.41, 5.74) is 0.784. The number of aromatic nitrogens is 2. The summed E-state index contributed by atoms with van der Waals surface area (Å²) in [4.78, 5) is 14.7. The quantitative estimate of drug-likeness (QED) is 0.785. The Labute approximate surface area is 102 Å². The summed E-state index contributed by atoms with van der Waals surface area (Å²) in [7, 11) is 0. The van der Waals surface area contributed by atoms with E-state index in [1.807, 2.05) is 0 Å². The van der Waals surface area contributed by atoms with E-state index in [1.165, 1.54) is 6.92 Å². The standard InChI is InChI=1S/C11H9ClN2O3/c1-7(15)16-6-10-13-11(14-17-10)8-2-4-9(12)5-3-8/h2-5H,6H2,1H3. The Morgan fingerprint density at radius 3 is 2.76 bits per heavy atom. The first-order valence-electron chi connectivity index (χ1n) is 4.87. The van der Waals surface area contributed by atoms with E-state index in [1.54, 1.807) is 24.3 Å². The molecule has 0 spiro atoms. The van der Waals surface area contributed by atoms with Crippen LogP contribution in [0.15, 0.2) is 28.8 Å². The van der Waals surface area contributed by atoms with Crippen LogP contribution < -0.4 is 0 Å². The molecule has 2 aromatic rings. The third-order valence-corrected chi connectivity index (χ3v) is 2.22. The van der Waals surface area contributed by atoms with E-state index in [0.29, 0.717) is 10.8 Å². The Morgan fingerprint density at radius 2 is 2.12 bits per heavy atom. The molecular weight excluding hydrogens is 244 g/mol. The highest BCUT2D eigenvalue weighted by Crippen LogP contribution is 2.18. The van der Waals surface area contributed by atoms with Crippen LogP contribution in [0.4, 0.5) is 0 Å². The number of nitrogens with zero attached hydrogens (tertiary/aromatic N) is 2. The number of hydrogen-bond acceptors (Lipinski definition) is 5. The third-order valence-electron chi connectivity index (χ3n) is 1.97. The fourth-order valence-corrected chi connectivity index (χ4v) is 1.32. The van der Waals surface area contributed by atoms with Gasteiger partial charge in [-0.1, -0.05) is 16.8 Å². The van der Waals surface area contributed by atoms with Crippen LogP contribution in [0, 0.1) is 0 Å². The Hall–Kier alpha value is -1.88. The van der Waals surface area contributed by atoms with Crippen molar-refractivity contribution in [2.45, 2.75) is 13.5 Å². The van der Waals surface area contributed by atoms with Crippen molar-refractivity contribution < 1.29 is 14.1 Å². The molecule has 0 aliphatic rings. The molecule has 0 N–H and O–H groups in total. The molecule has 5 nitrogen and oxygen atoms in total. The Bertz CT molecular complexity index is 522. The molecule has 1 heterocycles. The summed E-state index contributed by atoms with van der Waals surface area (Å²) in [6, 6.07) is 7.03. The second kappa shape index (κ2) is 4.97. The van der Waals surface area contributed by atoms with Crippen molar-refractivity contribution in [2.75, 3.05) is 0 Å². The number of rotatable bonds is 3. The van der Waals surface area contributed by atoms with E-state index in [2.05, 4.69) is 10.1 Å². The third kappa shape index (κ3) is 3.04. The van der Waals surface area contributed by atoms with Gasteiger partial charge in [-0.25, -0.2) is 0 Å². The number of hydrogen-bond donors (Lipinski definition) is 0. The molecule has 0 radical (unpaired) electrons. The zero-order chi connectivity index (χ0) is 12.3. The molecule has 2 rings (SSSR count). The van der Waals surface area contributed by atoms with Crippen LogP contribution in [0.25, 0.3) is 11.4 Å². The van der Waals surface area contributed by atoms with Crippen LogP contribution in [0.1, 0.15) is 12.8 Å². The number of ether oxygens (including phenoxy) is 1. The first-order chi connectivity index (χ1) is 8.15. The molecule has 0 saturated carbocycles. The number of benzene rings is 1. The molecular formula is C11H9ClN2O3. The van der Waals surface area contributed by atoms with Crippen LogP contribution in [0.5, 0.6) is 0 Å². The van der Waals surface area contributed by atoms with E-state index in [9.17, 15) is 4.79 Å². The molecule has 1 aromatic heterocycles. The van der Waals surface area contributed by atoms with Crippen LogP contribution in [0.2, 0.25) is 5.02 Å². The first kappa shape index (κ1) is 11.6. The fourth-order valence-electron chi connectivity index (χ4n) is 1.19. The first-order valence-corrected chi connectivity index (χ1v) is 5.25. The SMILES string of the molecule is CC(=O)OCc1nc(-c2ccc(Cl)cc2)no1. The summed E-state index contributed by atoms with van der Waals surface area (Å²) >= 11 is 5.77. The number of carbonyl (C=O) groups excluding carboxylic acids is 1. The predicted octanol–water partition coefficient (Wildman–Crippen LogP) is 2.45. The topological polar surface area (TPSA) is 65.2 Å². The van der Waals surface area contributed by atoms with Gasteiger partial charge in [-0.3, -0.25) is 4.79 Å². The van der Waals surface area contributed by atoms with Gasteiger partial charge in [-0.2, -0.15) is 4.98 Å². The average Bonchev–Trinajstić information content (AvgIpc) is 2.76. The summed E-state index contributed by atoms with van der Waals surface area (Å²) in [5.74, 6) is 0.296. The van der Waals surface area contributed by atoms with Crippen molar-refractivity contribution in [1.82, 2.24) is 10.1 Å². The highest BCUT2D eigenvalue weighted by atomic mass is 35.5. The molecule has 88 valence electrons. The smallest absolute Gasteiger partial charge is 0.303 e. The summed E-state index contributed by atoms with van der Waals surface area (Å²) in [6.07, 6.45) is 0. The average molecular weight is 253 g/mol. The molecule has 0 bridgehead atoms. The van der Waals surface area contributed by atoms with Gasteiger partial charge in [0.2, 0.25) is 5.82 Å². The summed E-state index contributed by atoms with van der Waals surface area (Å²) < 4.78 is 9.67. The number of halogens is 1. The Morgan fingerprint density at radius 1 is 1.41 bits per heavy atom. The fraction of sp³-hybridized carbons (Fsp3) is 0.182. The van der Waals surface area contributed by atoms with Gasteiger partial charge in [-0.05, 0) is 24.3 Å². The zero-order valence-corrected chi connectivity index (χ0v) is 9.77. The lowest BCUT2D eigenvalue weighted by atomic mass is 10.2. The monoisotopic (exact) mass is 252 g/mol. The molecule has 17 heavy (non-hydrogen) atoms. The van der Waals surface area contributed by atoms with Gasteiger partial charge in [-0.15, -0.1) is 0 Å². The van der Waals surface area contributed by atoms with Gasteiger partial charge in [0.25, 0.3) is 5.89 Å². The van der Waals surface area contributed by atoms with Crippen LogP contribution in [0.3, 0.4) is 0 Å². The van der Waals surface area contributed by atoms with Gasteiger partial charge in [0, 0.05) is 17.5 Å². The maximum Gasteiger partial charge on any atom is 0.303 e. The highest BCUT2D eigenvalue weighted by molar-refractivity contribution is 6.30. The Kier molecular flexibility index (Phi) is 3.39. The maximum absolute atomic E-state index is 10.6. The molecule has 0 unspecified atom stereocenters. The van der Waals surface area contributed by atoms with Crippen molar-refractivity contribution in [3.63, 3.8) is 0 Å². The second-order valence-corrected chi connectivity index (χ2v) is 3.74. The molecule has 0 amide bonds. The summed E-state index contributed by atoms with van der Waals surface area (Å²) in [6.45, 7) is 1.30. The summed E-state index contributed by atoms with van der Waals surface area (Å²) in [5, 5.41) is 4.41. The second-order valence-electron chi connectivity index (χ2n) is 3.30. The normalized spacial score (nSPS) is 10.2. The zero-order valence-electron chi connectivity index (χ0n) is 9.01. The van der Waals surface area contributed by atoms with Gasteiger partial charge < -0.3 is 9.26 Å². The molecule has 0 aliphatic heterocycles. The van der Waals surface area contributed by atoms with Crippen molar-refractivity contribution >= 4 is 17.6 Å². The van der Waals surface area contributed by atoms with Crippen LogP contribution in [-0.2, 0) is 16.1 Å². The van der Waals surface area contributed by atoms with Gasteiger partial charge in [0.15, 0.2) is 6.61 Å². The molecule has 0 saturated heterocycles. The van der Waals surface area contributed by atoms with Gasteiger partial charge >= 0.3 is 5.97 Å². The highest BCUT2D eigenvalue weighted by Gasteiger charge is 2.09. The Balaban J connectivity index is 2.12. The minimum Gasteiger partial charge on any atom is -0.456 e. The van der Waals surface area contributed by atoms with Gasteiger partial charge in [0.1, 0.15) is 0 Å². The van der Waals surface area contributed by atoms with Crippen LogP contribution in [-0.4, -0.2) is 16.1 Å². The lowest BCUT2D eigenvalue weighted by Crippen LogP contribution is -1.98. The van der Waals surface area contributed by atoms with Crippen molar-refractivity contribution in [2.24, 2.45) is 0 Å². The van der Waals surface area contributed by atoms with E-state index in [0.717, 1.165) is 5.56 Å². The number of carbonyl (C=O) groups is 1. The minimum absolute atomic E-state index is 0.0179.